The minimum Gasteiger partial charge on any atom is -0.311 e. The van der Waals surface area contributed by atoms with Crippen molar-refractivity contribution in [3.63, 3.8) is 0 Å². The highest BCUT2D eigenvalue weighted by Gasteiger charge is 2.28. The Bertz CT molecular complexity index is 390. The van der Waals surface area contributed by atoms with Crippen LogP contribution in [0.2, 0.25) is 0 Å². The molecule has 0 spiro atoms. The van der Waals surface area contributed by atoms with Crippen molar-refractivity contribution in [3.8, 4) is 0 Å². The minimum atomic E-state index is -4.22. The van der Waals surface area contributed by atoms with Gasteiger partial charge < -0.3 is 10.2 Å². The zero-order valence-corrected chi connectivity index (χ0v) is 12.8. The molecule has 0 fully saturated rings. The number of alkyl halides is 3. The number of nitrogens with one attached hydrogen (secondary N) is 1. The van der Waals surface area contributed by atoms with E-state index in [9.17, 15) is 13.2 Å². The van der Waals surface area contributed by atoms with E-state index in [1.54, 1.807) is 12.1 Å². The van der Waals surface area contributed by atoms with Crippen LogP contribution >= 0.6 is 11.8 Å². The first kappa shape index (κ1) is 17.3. The molecule has 114 valence electrons. The van der Waals surface area contributed by atoms with Crippen molar-refractivity contribution in [1.82, 2.24) is 10.2 Å². The van der Waals surface area contributed by atoms with Gasteiger partial charge in [0.2, 0.25) is 0 Å². The van der Waals surface area contributed by atoms with Crippen LogP contribution in [0.3, 0.4) is 0 Å². The zero-order chi connectivity index (χ0) is 15.2. The van der Waals surface area contributed by atoms with Crippen molar-refractivity contribution in [2.75, 3.05) is 20.1 Å². The molecule has 0 aliphatic heterocycles. The molecule has 1 N–H and O–H groups in total. The molecular formula is C14H21F3N2S. The summed E-state index contributed by atoms with van der Waals surface area (Å²) in [5.74, 6) is 0. The lowest BCUT2D eigenvalue weighted by Gasteiger charge is -2.20. The van der Waals surface area contributed by atoms with E-state index >= 15 is 0 Å². The standard InChI is InChI=1S/C14H21F3N2S/c1-11(2)19(3)9-8-18-10-12-4-6-13(7-5-12)20-14(15,16)17/h4-7,11,18H,8-10H2,1-3H3. The van der Waals surface area contributed by atoms with Gasteiger partial charge >= 0.3 is 5.51 Å². The lowest BCUT2D eigenvalue weighted by Crippen LogP contribution is -2.33. The first-order valence-corrected chi connectivity index (χ1v) is 7.35. The number of likely N-dealkylation sites (N-methyl/N-ethyl adjacent to an activating group) is 1. The molecule has 0 atom stereocenters. The van der Waals surface area contributed by atoms with Crippen molar-refractivity contribution in [1.29, 1.82) is 0 Å². The van der Waals surface area contributed by atoms with Crippen LogP contribution in [0.5, 0.6) is 0 Å². The third-order valence-electron chi connectivity index (χ3n) is 3.01. The van der Waals surface area contributed by atoms with Gasteiger partial charge in [0.05, 0.1) is 0 Å². The lowest BCUT2D eigenvalue weighted by molar-refractivity contribution is -0.0328. The largest absolute Gasteiger partial charge is 0.446 e. The molecule has 0 saturated heterocycles. The van der Waals surface area contributed by atoms with E-state index in [4.69, 9.17) is 0 Å². The van der Waals surface area contributed by atoms with E-state index in [0.29, 0.717) is 12.6 Å². The van der Waals surface area contributed by atoms with Gasteiger partial charge in [-0.2, -0.15) is 13.2 Å². The molecule has 6 heteroatoms. The number of hydrogen-bond acceptors (Lipinski definition) is 3. The van der Waals surface area contributed by atoms with Gasteiger partial charge in [0.25, 0.3) is 0 Å². The summed E-state index contributed by atoms with van der Waals surface area (Å²) in [7, 11) is 2.06. The molecule has 1 aromatic rings. The van der Waals surface area contributed by atoms with E-state index in [1.165, 1.54) is 12.1 Å². The van der Waals surface area contributed by atoms with E-state index < -0.39 is 5.51 Å². The van der Waals surface area contributed by atoms with Crippen LogP contribution in [0.25, 0.3) is 0 Å². The van der Waals surface area contributed by atoms with Crippen LogP contribution in [0.4, 0.5) is 13.2 Å². The van der Waals surface area contributed by atoms with Crippen LogP contribution in [0.15, 0.2) is 29.2 Å². The van der Waals surface area contributed by atoms with Gasteiger partial charge in [-0.3, -0.25) is 0 Å². The van der Waals surface area contributed by atoms with Crippen LogP contribution < -0.4 is 5.32 Å². The third-order valence-corrected chi connectivity index (χ3v) is 3.75. The number of hydrogen-bond donors (Lipinski definition) is 1. The first-order valence-electron chi connectivity index (χ1n) is 6.53. The maximum Gasteiger partial charge on any atom is 0.446 e. The normalized spacial score (nSPS) is 12.4. The van der Waals surface area contributed by atoms with Crippen molar-refractivity contribution >= 4 is 11.8 Å². The molecule has 0 amide bonds. The van der Waals surface area contributed by atoms with Gasteiger partial charge in [0.1, 0.15) is 0 Å². The summed E-state index contributed by atoms with van der Waals surface area (Å²) in [6.45, 7) is 6.74. The molecule has 0 aromatic heterocycles. The number of halogens is 3. The van der Waals surface area contributed by atoms with Crippen LogP contribution in [0, 0.1) is 0 Å². The summed E-state index contributed by atoms with van der Waals surface area (Å²) in [4.78, 5) is 2.46. The third kappa shape index (κ3) is 7.17. The van der Waals surface area contributed by atoms with Crippen LogP contribution in [-0.4, -0.2) is 36.6 Å². The summed E-state index contributed by atoms with van der Waals surface area (Å²) in [5.41, 5.74) is -3.23. The summed E-state index contributed by atoms with van der Waals surface area (Å²) in [6.07, 6.45) is 0. The highest BCUT2D eigenvalue weighted by Crippen LogP contribution is 2.36. The van der Waals surface area contributed by atoms with Gasteiger partial charge in [0.15, 0.2) is 0 Å². The summed E-state index contributed by atoms with van der Waals surface area (Å²) >= 11 is -0.0822. The van der Waals surface area contributed by atoms with E-state index in [0.717, 1.165) is 18.7 Å². The Hall–Kier alpha value is -0.720. The Balaban J connectivity index is 2.32. The molecule has 1 rings (SSSR count). The molecule has 1 aromatic carbocycles. The molecule has 0 aliphatic carbocycles. The second kappa shape index (κ2) is 7.90. The molecular weight excluding hydrogens is 285 g/mol. The Kier molecular flexibility index (Phi) is 6.85. The van der Waals surface area contributed by atoms with Crippen molar-refractivity contribution in [3.05, 3.63) is 29.8 Å². The Morgan fingerprint density at radius 2 is 1.80 bits per heavy atom. The SMILES string of the molecule is CC(C)N(C)CCNCc1ccc(SC(F)(F)F)cc1. The van der Waals surface area contributed by atoms with E-state index in [-0.39, 0.29) is 16.7 Å². The number of rotatable bonds is 7. The van der Waals surface area contributed by atoms with Gasteiger partial charge in [0, 0.05) is 30.6 Å². The predicted molar refractivity (Wildman–Crippen MR) is 77.8 cm³/mol. The summed E-state index contributed by atoms with van der Waals surface area (Å²) in [5, 5.41) is 3.28. The fraction of sp³-hybridized carbons (Fsp3) is 0.571. The zero-order valence-electron chi connectivity index (χ0n) is 12.0. The fourth-order valence-electron chi connectivity index (χ4n) is 1.56. The van der Waals surface area contributed by atoms with Gasteiger partial charge in [-0.25, -0.2) is 0 Å². The van der Waals surface area contributed by atoms with Crippen LogP contribution in [0.1, 0.15) is 19.4 Å². The monoisotopic (exact) mass is 306 g/mol. The molecule has 0 unspecified atom stereocenters. The maximum absolute atomic E-state index is 12.2. The molecule has 0 bridgehead atoms. The number of thioether (sulfide) groups is 1. The maximum atomic E-state index is 12.2. The van der Waals surface area contributed by atoms with Crippen molar-refractivity contribution < 1.29 is 13.2 Å². The molecule has 20 heavy (non-hydrogen) atoms. The number of benzene rings is 1. The minimum absolute atomic E-state index is 0.0822. The predicted octanol–water partition coefficient (Wildman–Crippen LogP) is 3.73. The van der Waals surface area contributed by atoms with Crippen molar-refractivity contribution in [2.45, 2.75) is 36.8 Å². The second-order valence-electron chi connectivity index (χ2n) is 4.94. The Labute approximate surface area is 122 Å². The highest BCUT2D eigenvalue weighted by molar-refractivity contribution is 8.00. The lowest BCUT2D eigenvalue weighted by atomic mass is 10.2. The van der Waals surface area contributed by atoms with Crippen LogP contribution in [-0.2, 0) is 6.54 Å². The Morgan fingerprint density at radius 3 is 2.30 bits per heavy atom. The van der Waals surface area contributed by atoms with Gasteiger partial charge in [-0.1, -0.05) is 12.1 Å². The summed E-state index contributed by atoms with van der Waals surface area (Å²) < 4.78 is 36.5. The molecule has 2 nitrogen and oxygen atoms in total. The molecule has 0 radical (unpaired) electrons. The van der Waals surface area contributed by atoms with E-state index in [2.05, 4.69) is 31.1 Å². The smallest absolute Gasteiger partial charge is 0.311 e. The Morgan fingerprint density at radius 1 is 1.20 bits per heavy atom. The quantitative estimate of drug-likeness (QED) is 0.610. The molecule has 0 heterocycles. The second-order valence-corrected chi connectivity index (χ2v) is 6.08. The fourth-order valence-corrected chi connectivity index (χ4v) is 2.09. The average molecular weight is 306 g/mol. The topological polar surface area (TPSA) is 15.3 Å². The average Bonchev–Trinajstić information content (AvgIpc) is 2.34. The molecule has 0 aliphatic rings. The first-order chi connectivity index (χ1) is 9.28. The van der Waals surface area contributed by atoms with Crippen molar-refractivity contribution in [2.24, 2.45) is 0 Å². The van der Waals surface area contributed by atoms with Gasteiger partial charge in [-0.05, 0) is 50.4 Å². The highest BCUT2D eigenvalue weighted by atomic mass is 32.2. The van der Waals surface area contributed by atoms with E-state index in [1.807, 2.05) is 0 Å². The van der Waals surface area contributed by atoms with Gasteiger partial charge in [-0.15, -0.1) is 0 Å². The summed E-state index contributed by atoms with van der Waals surface area (Å²) in [6, 6.07) is 6.99. The molecule has 0 saturated carbocycles. The number of nitrogens with zero attached hydrogens (tertiary/aromatic N) is 1.